The van der Waals surface area contributed by atoms with Crippen molar-refractivity contribution in [2.45, 2.75) is 38.6 Å². The minimum atomic E-state index is -0.353. The molecule has 11 nitrogen and oxygen atoms in total. The van der Waals surface area contributed by atoms with Gasteiger partial charge in [0.05, 0.1) is 30.6 Å². The summed E-state index contributed by atoms with van der Waals surface area (Å²) in [5.41, 5.74) is 6.68. The molecule has 0 radical (unpaired) electrons. The molecule has 2 fully saturated rings. The lowest BCUT2D eigenvalue weighted by Crippen LogP contribution is -2.30. The average Bonchev–Trinajstić information content (AvgIpc) is 3.62. The molecule has 212 valence electrons. The van der Waals surface area contributed by atoms with Gasteiger partial charge in [-0.05, 0) is 56.2 Å². The van der Waals surface area contributed by atoms with Crippen molar-refractivity contribution in [1.29, 1.82) is 0 Å². The van der Waals surface area contributed by atoms with Crippen molar-refractivity contribution in [3.05, 3.63) is 83.5 Å². The number of imidazole rings is 1. The summed E-state index contributed by atoms with van der Waals surface area (Å²) in [6.45, 7) is 4.38. The van der Waals surface area contributed by atoms with Gasteiger partial charge >= 0.3 is 6.03 Å². The summed E-state index contributed by atoms with van der Waals surface area (Å²) in [5.74, 6) is 1.96. The molecule has 0 bridgehead atoms. The molecular weight excluding hydrogens is 532 g/mol. The number of anilines is 2. The molecule has 1 saturated heterocycles. The number of hydrogen-bond acceptors (Lipinski definition) is 8. The quantitative estimate of drug-likeness (QED) is 0.287. The fourth-order valence-corrected chi connectivity index (χ4v) is 5.68. The lowest BCUT2D eigenvalue weighted by molar-refractivity contribution is -0.123. The summed E-state index contributed by atoms with van der Waals surface area (Å²) in [7, 11) is 3.15. The number of methoxy groups -OCH3 is 1. The van der Waals surface area contributed by atoms with Crippen LogP contribution in [0, 0.1) is 13.8 Å². The number of benzene rings is 1. The van der Waals surface area contributed by atoms with Crippen molar-refractivity contribution in [3.8, 4) is 5.75 Å². The van der Waals surface area contributed by atoms with E-state index in [1.54, 1.807) is 7.11 Å². The van der Waals surface area contributed by atoms with E-state index in [1.165, 1.54) is 11.9 Å². The molecule has 4 aromatic heterocycles. The van der Waals surface area contributed by atoms with Crippen LogP contribution in [0.2, 0.25) is 0 Å². The van der Waals surface area contributed by atoms with Gasteiger partial charge in [0, 0.05) is 66.0 Å². The zero-order valence-corrected chi connectivity index (χ0v) is 23.8. The van der Waals surface area contributed by atoms with Crippen molar-refractivity contribution >= 4 is 39.9 Å². The molecule has 1 aromatic carbocycles. The highest BCUT2D eigenvalue weighted by atomic mass is 16.5. The molecule has 0 unspecified atom stereocenters. The number of aromatic nitrogens is 5. The first-order chi connectivity index (χ1) is 20.3. The van der Waals surface area contributed by atoms with E-state index in [-0.39, 0.29) is 24.4 Å². The molecule has 2 atom stereocenters. The van der Waals surface area contributed by atoms with Crippen molar-refractivity contribution in [3.63, 3.8) is 0 Å². The van der Waals surface area contributed by atoms with Crippen molar-refractivity contribution in [2.75, 3.05) is 30.9 Å². The Morgan fingerprint density at radius 1 is 1.02 bits per heavy atom. The van der Waals surface area contributed by atoms with Crippen LogP contribution in [0.15, 0.2) is 55.0 Å². The monoisotopic (exact) mass is 562 g/mol. The van der Waals surface area contributed by atoms with Crippen LogP contribution < -0.4 is 15.0 Å². The Hall–Kier alpha value is -5.06. The third-order valence-electron chi connectivity index (χ3n) is 7.99. The first kappa shape index (κ1) is 25.9. The molecule has 11 heteroatoms. The second-order valence-corrected chi connectivity index (χ2v) is 11.0. The minimum absolute atomic E-state index is 0.000377. The Morgan fingerprint density at radius 3 is 2.64 bits per heavy atom. The Labute approximate surface area is 242 Å². The van der Waals surface area contributed by atoms with Crippen LogP contribution in [0.5, 0.6) is 5.75 Å². The number of carbonyl (C=O) groups excluding carboxylic acids is 2. The predicted molar refractivity (Wildman–Crippen MR) is 158 cm³/mol. The molecular formula is C31H30N8O3. The maximum Gasteiger partial charge on any atom is 0.331 e. The summed E-state index contributed by atoms with van der Waals surface area (Å²) in [4.78, 5) is 46.4. The summed E-state index contributed by atoms with van der Waals surface area (Å²) in [6, 6.07) is 11.6. The molecule has 1 aliphatic heterocycles. The van der Waals surface area contributed by atoms with Gasteiger partial charge in [0.1, 0.15) is 18.1 Å². The Kier molecular flexibility index (Phi) is 6.03. The van der Waals surface area contributed by atoms with E-state index in [1.807, 2.05) is 61.1 Å². The van der Waals surface area contributed by atoms with Crippen molar-refractivity contribution in [1.82, 2.24) is 29.2 Å². The normalized spacial score (nSPS) is 18.4. The number of amides is 3. The number of rotatable bonds is 7. The molecule has 1 saturated carbocycles. The Bertz CT molecular complexity index is 1900. The first-order valence-electron chi connectivity index (χ1n) is 13.9. The van der Waals surface area contributed by atoms with Gasteiger partial charge in [0.2, 0.25) is 5.91 Å². The van der Waals surface area contributed by atoms with Gasteiger partial charge in [-0.2, -0.15) is 0 Å². The number of ether oxygens (including phenoxy) is 1. The van der Waals surface area contributed by atoms with Crippen LogP contribution >= 0.6 is 0 Å². The number of carbonyl (C=O) groups is 2. The predicted octanol–water partition coefficient (Wildman–Crippen LogP) is 4.58. The number of imide groups is 1. The second kappa shape index (κ2) is 9.79. The summed E-state index contributed by atoms with van der Waals surface area (Å²) < 4.78 is 7.61. The second-order valence-electron chi connectivity index (χ2n) is 11.0. The molecule has 1 N–H and O–H groups in total. The Balaban J connectivity index is 1.15. The minimum Gasteiger partial charge on any atom is -0.496 e. The molecule has 5 heterocycles. The number of hydrogen-bond donors (Lipinski definition) is 1. The number of nitrogens with zero attached hydrogens (tertiary/aromatic N) is 7. The molecule has 3 amide bonds. The average molecular weight is 563 g/mol. The van der Waals surface area contributed by atoms with Gasteiger partial charge in [-0.15, -0.1) is 0 Å². The number of aryl methyl sites for hydroxylation is 2. The van der Waals surface area contributed by atoms with Gasteiger partial charge in [-0.25, -0.2) is 19.7 Å². The maximum atomic E-state index is 12.7. The van der Waals surface area contributed by atoms with Gasteiger partial charge in [0.15, 0.2) is 5.65 Å². The van der Waals surface area contributed by atoms with Gasteiger partial charge in [-0.3, -0.25) is 19.6 Å². The maximum absolute atomic E-state index is 12.7. The molecule has 0 spiro atoms. The highest BCUT2D eigenvalue weighted by molar-refractivity contribution is 6.13. The van der Waals surface area contributed by atoms with Gasteiger partial charge in [-0.1, -0.05) is 0 Å². The van der Waals surface area contributed by atoms with Crippen LogP contribution in [0.25, 0.3) is 16.6 Å². The molecule has 1 aliphatic carbocycles. The molecule has 7 rings (SSSR count). The van der Waals surface area contributed by atoms with Crippen LogP contribution in [0.1, 0.15) is 46.7 Å². The number of fused-ring (bicyclic) bond motifs is 2. The highest BCUT2D eigenvalue weighted by Gasteiger charge is 2.43. The number of likely N-dealkylation sites (N-methyl/N-ethyl adjacent to an activating group) is 1. The first-order valence-corrected chi connectivity index (χ1v) is 13.9. The van der Waals surface area contributed by atoms with Crippen LogP contribution in [-0.4, -0.2) is 61.9 Å². The highest BCUT2D eigenvalue weighted by Crippen LogP contribution is 2.53. The van der Waals surface area contributed by atoms with Crippen molar-refractivity contribution in [2.24, 2.45) is 0 Å². The van der Waals surface area contributed by atoms with E-state index < -0.39 is 0 Å². The molecule has 2 aliphatic rings. The smallest absolute Gasteiger partial charge is 0.331 e. The topological polar surface area (TPSA) is 118 Å². The van der Waals surface area contributed by atoms with E-state index in [9.17, 15) is 9.59 Å². The third kappa shape index (κ3) is 4.47. The largest absolute Gasteiger partial charge is 0.496 e. The van der Waals surface area contributed by atoms with Crippen LogP contribution in [-0.2, 0) is 11.3 Å². The van der Waals surface area contributed by atoms with Crippen LogP contribution in [0.3, 0.4) is 0 Å². The summed E-state index contributed by atoms with van der Waals surface area (Å²) in [5, 5.41) is 4.40. The lowest BCUT2D eigenvalue weighted by atomic mass is 10.1. The van der Waals surface area contributed by atoms with Crippen molar-refractivity contribution < 1.29 is 14.3 Å². The van der Waals surface area contributed by atoms with E-state index in [0.717, 1.165) is 62.1 Å². The SMILES string of the molecule is COc1cc(NCc2cn3cc(C)cc(N4CC(=O)N(C)C4=O)c3n2)cc2nc([C@H]3C[C@@H]3c3nccc(C)n3)ccc12. The Morgan fingerprint density at radius 2 is 1.88 bits per heavy atom. The van der Waals surface area contributed by atoms with Crippen LogP contribution in [0.4, 0.5) is 16.2 Å². The van der Waals surface area contributed by atoms with E-state index in [2.05, 4.69) is 27.4 Å². The number of nitrogens with one attached hydrogen (secondary N) is 1. The fraction of sp³-hybridized carbons (Fsp3) is 0.290. The number of pyridine rings is 2. The standard InChI is InChI=1S/C31H30N8O3/c1-17-9-26(39-16-28(40)37(3)31(39)41)30-35-20(15-38(30)14-17)13-33-19-10-25-21(27(11-19)42-4)5-6-24(36-25)22-12-23(22)29-32-8-7-18(2)34-29/h5-11,14-15,22-23,33H,12-13,16H2,1-4H3/t22-,23-/m0/s1. The lowest BCUT2D eigenvalue weighted by Gasteiger charge is -2.16. The molecule has 5 aromatic rings. The van der Waals surface area contributed by atoms with Gasteiger partial charge < -0.3 is 14.5 Å². The summed E-state index contributed by atoms with van der Waals surface area (Å²) >= 11 is 0. The van der Waals surface area contributed by atoms with E-state index in [0.29, 0.717) is 23.8 Å². The summed E-state index contributed by atoms with van der Waals surface area (Å²) in [6.07, 6.45) is 6.69. The number of urea groups is 1. The third-order valence-corrected chi connectivity index (χ3v) is 7.99. The zero-order valence-electron chi connectivity index (χ0n) is 23.8. The van der Waals surface area contributed by atoms with E-state index in [4.69, 9.17) is 14.7 Å². The fourth-order valence-electron chi connectivity index (χ4n) is 5.68. The molecule has 42 heavy (non-hydrogen) atoms. The van der Waals surface area contributed by atoms with E-state index >= 15 is 0 Å². The van der Waals surface area contributed by atoms with Gasteiger partial charge in [0.25, 0.3) is 0 Å². The zero-order chi connectivity index (χ0) is 29.1.